The van der Waals surface area contributed by atoms with Crippen molar-refractivity contribution in [2.75, 3.05) is 12.0 Å². The molecule has 0 saturated carbocycles. The molecule has 1 aromatic carbocycles. The molecule has 0 bridgehead atoms. The third-order valence-corrected chi connectivity index (χ3v) is 4.37. The Morgan fingerprint density at radius 2 is 1.83 bits per heavy atom. The normalized spacial score (nSPS) is 11.4. The second-order valence-electron chi connectivity index (χ2n) is 3.80. The number of benzene rings is 1. The molecular weight excluding hydrogens is 270 g/mol. The first-order valence-electron chi connectivity index (χ1n) is 5.08. The minimum Gasteiger partial charge on any atom is -0.390 e. The van der Waals surface area contributed by atoms with E-state index in [4.69, 9.17) is 5.73 Å². The SMILES string of the molecule is CS(=O)(=O)c1ccccc1C(=O)c1ccsc1N. The Morgan fingerprint density at radius 3 is 2.39 bits per heavy atom. The molecule has 94 valence electrons. The number of ketones is 1. The van der Waals surface area contributed by atoms with Gasteiger partial charge in [0.15, 0.2) is 15.6 Å². The highest BCUT2D eigenvalue weighted by molar-refractivity contribution is 7.90. The molecule has 0 atom stereocenters. The number of nitrogen functional groups attached to an aromatic ring is 1. The van der Waals surface area contributed by atoms with Crippen LogP contribution in [-0.2, 0) is 9.84 Å². The van der Waals surface area contributed by atoms with Crippen molar-refractivity contribution in [3.8, 4) is 0 Å². The minimum atomic E-state index is -3.44. The van der Waals surface area contributed by atoms with E-state index in [0.717, 1.165) is 6.26 Å². The summed E-state index contributed by atoms with van der Waals surface area (Å²) in [7, 11) is -3.44. The summed E-state index contributed by atoms with van der Waals surface area (Å²) < 4.78 is 23.3. The number of carbonyl (C=O) groups is 1. The number of anilines is 1. The van der Waals surface area contributed by atoms with E-state index >= 15 is 0 Å². The van der Waals surface area contributed by atoms with Gasteiger partial charge in [-0.15, -0.1) is 11.3 Å². The van der Waals surface area contributed by atoms with Crippen molar-refractivity contribution in [2.24, 2.45) is 0 Å². The smallest absolute Gasteiger partial charge is 0.197 e. The zero-order valence-corrected chi connectivity index (χ0v) is 11.2. The summed E-state index contributed by atoms with van der Waals surface area (Å²) in [6, 6.07) is 7.73. The molecule has 0 unspecified atom stereocenters. The van der Waals surface area contributed by atoms with Crippen LogP contribution in [0, 0.1) is 0 Å². The van der Waals surface area contributed by atoms with Crippen LogP contribution in [0.15, 0.2) is 40.6 Å². The molecule has 1 heterocycles. The van der Waals surface area contributed by atoms with Gasteiger partial charge in [0.25, 0.3) is 0 Å². The van der Waals surface area contributed by atoms with Gasteiger partial charge in [0.05, 0.1) is 15.5 Å². The Labute approximate surface area is 109 Å². The first-order chi connectivity index (χ1) is 8.41. The van der Waals surface area contributed by atoms with E-state index in [9.17, 15) is 13.2 Å². The van der Waals surface area contributed by atoms with Crippen LogP contribution in [0.5, 0.6) is 0 Å². The molecule has 2 rings (SSSR count). The fourth-order valence-electron chi connectivity index (χ4n) is 1.63. The second-order valence-corrected chi connectivity index (χ2v) is 6.73. The van der Waals surface area contributed by atoms with Gasteiger partial charge in [0.2, 0.25) is 0 Å². The van der Waals surface area contributed by atoms with Gasteiger partial charge in [0, 0.05) is 11.8 Å². The Kier molecular flexibility index (Phi) is 3.23. The molecule has 0 aliphatic carbocycles. The van der Waals surface area contributed by atoms with Crippen molar-refractivity contribution >= 4 is 32.0 Å². The number of hydrogen-bond donors (Lipinski definition) is 1. The van der Waals surface area contributed by atoms with Crippen molar-refractivity contribution in [1.82, 2.24) is 0 Å². The zero-order valence-electron chi connectivity index (χ0n) is 9.58. The highest BCUT2D eigenvalue weighted by Crippen LogP contribution is 2.25. The standard InChI is InChI=1S/C12H11NO3S2/c1-18(15,16)10-5-3-2-4-8(10)11(14)9-6-7-17-12(9)13/h2-7H,13H2,1H3. The van der Waals surface area contributed by atoms with Crippen molar-refractivity contribution in [3.63, 3.8) is 0 Å². The quantitative estimate of drug-likeness (QED) is 0.872. The highest BCUT2D eigenvalue weighted by atomic mass is 32.2. The molecule has 2 aromatic rings. The van der Waals surface area contributed by atoms with Crippen LogP contribution in [0.1, 0.15) is 15.9 Å². The van der Waals surface area contributed by atoms with Crippen molar-refractivity contribution < 1.29 is 13.2 Å². The Bertz CT molecular complexity index is 702. The monoisotopic (exact) mass is 281 g/mol. The van der Waals surface area contributed by atoms with Crippen molar-refractivity contribution in [3.05, 3.63) is 46.8 Å². The summed E-state index contributed by atoms with van der Waals surface area (Å²) in [5, 5.41) is 2.09. The molecule has 6 heteroatoms. The van der Waals surface area contributed by atoms with Gasteiger partial charge in [0.1, 0.15) is 0 Å². The number of rotatable bonds is 3. The van der Waals surface area contributed by atoms with Gasteiger partial charge >= 0.3 is 0 Å². The van der Waals surface area contributed by atoms with E-state index in [1.807, 2.05) is 0 Å². The fraction of sp³-hybridized carbons (Fsp3) is 0.0833. The predicted octanol–water partition coefficient (Wildman–Crippen LogP) is 1.96. The third kappa shape index (κ3) is 2.30. The molecule has 18 heavy (non-hydrogen) atoms. The fourth-order valence-corrected chi connectivity index (χ4v) is 3.16. The molecule has 0 spiro atoms. The molecule has 0 aliphatic rings. The summed E-state index contributed by atoms with van der Waals surface area (Å²) in [4.78, 5) is 12.3. The summed E-state index contributed by atoms with van der Waals surface area (Å²) in [5.74, 6) is -0.366. The highest BCUT2D eigenvalue weighted by Gasteiger charge is 2.21. The average Bonchev–Trinajstić information content (AvgIpc) is 2.73. The molecule has 0 fully saturated rings. The van der Waals surface area contributed by atoms with Crippen molar-refractivity contribution in [2.45, 2.75) is 4.90 Å². The Morgan fingerprint density at radius 1 is 1.17 bits per heavy atom. The largest absolute Gasteiger partial charge is 0.390 e. The predicted molar refractivity (Wildman–Crippen MR) is 71.7 cm³/mol. The van der Waals surface area contributed by atoms with Gasteiger partial charge in [-0.05, 0) is 23.6 Å². The van der Waals surface area contributed by atoms with Gasteiger partial charge in [-0.1, -0.05) is 12.1 Å². The first kappa shape index (κ1) is 12.8. The molecule has 0 saturated heterocycles. The minimum absolute atomic E-state index is 0.0283. The number of hydrogen-bond acceptors (Lipinski definition) is 5. The first-order valence-corrected chi connectivity index (χ1v) is 7.85. The van der Waals surface area contributed by atoms with Crippen LogP contribution < -0.4 is 5.73 Å². The lowest BCUT2D eigenvalue weighted by molar-refractivity contribution is 0.103. The topological polar surface area (TPSA) is 77.2 Å². The van der Waals surface area contributed by atoms with E-state index in [1.165, 1.54) is 23.5 Å². The van der Waals surface area contributed by atoms with Crippen LogP contribution in [0.3, 0.4) is 0 Å². The van der Waals surface area contributed by atoms with E-state index in [1.54, 1.807) is 23.6 Å². The molecule has 0 radical (unpaired) electrons. The maximum atomic E-state index is 12.3. The van der Waals surface area contributed by atoms with Crippen LogP contribution in [-0.4, -0.2) is 20.5 Å². The maximum absolute atomic E-state index is 12.3. The Balaban J connectivity index is 2.60. The molecule has 2 N–H and O–H groups in total. The maximum Gasteiger partial charge on any atom is 0.197 e. The van der Waals surface area contributed by atoms with E-state index in [0.29, 0.717) is 10.6 Å². The van der Waals surface area contributed by atoms with Gasteiger partial charge < -0.3 is 5.73 Å². The van der Waals surface area contributed by atoms with E-state index in [2.05, 4.69) is 0 Å². The van der Waals surface area contributed by atoms with Gasteiger partial charge in [-0.3, -0.25) is 4.79 Å². The number of nitrogens with two attached hydrogens (primary N) is 1. The lowest BCUT2D eigenvalue weighted by atomic mass is 10.1. The zero-order chi connectivity index (χ0) is 13.3. The summed E-state index contributed by atoms with van der Waals surface area (Å²) in [6.07, 6.45) is 1.08. The van der Waals surface area contributed by atoms with Gasteiger partial charge in [-0.25, -0.2) is 8.42 Å². The molecule has 0 amide bonds. The summed E-state index contributed by atoms with van der Waals surface area (Å²) in [6.45, 7) is 0. The molecule has 1 aromatic heterocycles. The van der Waals surface area contributed by atoms with Crippen LogP contribution in [0.2, 0.25) is 0 Å². The summed E-state index contributed by atoms with van der Waals surface area (Å²) in [5.41, 5.74) is 6.19. The molecular formula is C12H11NO3S2. The van der Waals surface area contributed by atoms with E-state index < -0.39 is 9.84 Å². The molecule has 4 nitrogen and oxygen atoms in total. The third-order valence-electron chi connectivity index (χ3n) is 2.47. The number of thiophene rings is 1. The van der Waals surface area contributed by atoms with Crippen molar-refractivity contribution in [1.29, 1.82) is 0 Å². The number of carbonyl (C=O) groups excluding carboxylic acids is 1. The lowest BCUT2D eigenvalue weighted by Gasteiger charge is -2.06. The van der Waals surface area contributed by atoms with Crippen LogP contribution in [0.25, 0.3) is 0 Å². The molecule has 0 aliphatic heterocycles. The summed E-state index contributed by atoms with van der Waals surface area (Å²) >= 11 is 1.25. The Hall–Kier alpha value is -1.66. The average molecular weight is 281 g/mol. The lowest BCUT2D eigenvalue weighted by Crippen LogP contribution is -2.09. The van der Waals surface area contributed by atoms with Crippen LogP contribution in [0.4, 0.5) is 5.00 Å². The second kappa shape index (κ2) is 4.55. The van der Waals surface area contributed by atoms with E-state index in [-0.39, 0.29) is 16.2 Å². The number of sulfone groups is 1. The van der Waals surface area contributed by atoms with Gasteiger partial charge in [-0.2, -0.15) is 0 Å². The van der Waals surface area contributed by atoms with Crippen LogP contribution >= 0.6 is 11.3 Å².